The summed E-state index contributed by atoms with van der Waals surface area (Å²) in [5, 5.41) is 11.7. The van der Waals surface area contributed by atoms with Crippen molar-refractivity contribution in [1.29, 1.82) is 0 Å². The molecule has 0 radical (unpaired) electrons. The van der Waals surface area contributed by atoms with Crippen LogP contribution in [-0.2, 0) is 28.6 Å². The van der Waals surface area contributed by atoms with E-state index in [0.717, 1.165) is 38.5 Å². The smallest absolute Gasteiger partial charge is 0.306 e. The van der Waals surface area contributed by atoms with E-state index in [1.54, 1.807) is 0 Å². The van der Waals surface area contributed by atoms with Gasteiger partial charge in [0.1, 0.15) is 12.6 Å². The number of allylic oxidation sites excluding steroid dienone is 2. The molecule has 0 N–H and O–H groups in total. The summed E-state index contributed by atoms with van der Waals surface area (Å²) in [5.74, 6) is -1.71. The third-order valence-electron chi connectivity index (χ3n) is 13.4. The molecule has 2 atom stereocenters. The van der Waals surface area contributed by atoms with Crippen LogP contribution in [0.1, 0.15) is 290 Å². The van der Waals surface area contributed by atoms with E-state index < -0.39 is 18.1 Å². The van der Waals surface area contributed by atoms with Crippen LogP contribution < -0.4 is 5.11 Å². The number of hydrogen-bond donors (Lipinski definition) is 0. The van der Waals surface area contributed by atoms with Crippen molar-refractivity contribution in [1.82, 2.24) is 0 Å². The number of aliphatic carboxylic acids is 1. The fraction of sp³-hybridized carbons (Fsp3) is 0.914. The minimum Gasteiger partial charge on any atom is -0.544 e. The summed E-state index contributed by atoms with van der Waals surface area (Å²) in [6, 6.07) is -0.723. The first kappa shape index (κ1) is 64.1. The van der Waals surface area contributed by atoms with Crippen molar-refractivity contribution in [2.24, 2.45) is 0 Å². The van der Waals surface area contributed by atoms with Gasteiger partial charge < -0.3 is 28.6 Å². The number of quaternary nitrogens is 1. The highest BCUT2D eigenvalue weighted by atomic mass is 16.6. The molecule has 0 spiro atoms. The average Bonchev–Trinajstić information content (AvgIpc) is 3.28. The number of hydrogen-bond acceptors (Lipinski definition) is 7. The Labute approximate surface area is 409 Å². The minimum absolute atomic E-state index is 0.0460. The number of carbonyl (C=O) groups is 3. The molecule has 0 aromatic rings. The number of carboxylic acid groups (broad SMARTS) is 1. The van der Waals surface area contributed by atoms with Gasteiger partial charge in [0.2, 0.25) is 0 Å². The summed E-state index contributed by atoms with van der Waals surface area (Å²) in [5.41, 5.74) is 0. The zero-order valence-corrected chi connectivity index (χ0v) is 44.6. The maximum Gasteiger partial charge on any atom is 0.306 e. The Balaban J connectivity index is 4.14. The average molecular weight is 935 g/mol. The molecule has 0 amide bonds. The van der Waals surface area contributed by atoms with Gasteiger partial charge in [-0.3, -0.25) is 9.59 Å². The minimum atomic E-state index is -1.12. The molecule has 66 heavy (non-hydrogen) atoms. The van der Waals surface area contributed by atoms with Crippen LogP contribution in [0.5, 0.6) is 0 Å². The van der Waals surface area contributed by atoms with Gasteiger partial charge in [-0.2, -0.15) is 0 Å². The number of nitrogens with zero attached hydrogens (tertiary/aromatic N) is 1. The van der Waals surface area contributed by atoms with Crippen molar-refractivity contribution < 1.29 is 38.2 Å². The van der Waals surface area contributed by atoms with Gasteiger partial charge in [-0.25, -0.2) is 0 Å². The van der Waals surface area contributed by atoms with E-state index >= 15 is 0 Å². The summed E-state index contributed by atoms with van der Waals surface area (Å²) in [7, 11) is 5.43. The molecule has 0 rings (SSSR count). The normalized spacial score (nSPS) is 12.8. The topological polar surface area (TPSA) is 102 Å². The van der Waals surface area contributed by atoms with Crippen LogP contribution in [0.3, 0.4) is 0 Å². The number of esters is 2. The van der Waals surface area contributed by atoms with E-state index in [-0.39, 0.29) is 42.7 Å². The van der Waals surface area contributed by atoms with Gasteiger partial charge >= 0.3 is 11.9 Å². The highest BCUT2D eigenvalue weighted by molar-refractivity contribution is 5.70. The molecular formula is C58H111NO7. The zero-order valence-electron chi connectivity index (χ0n) is 44.6. The fourth-order valence-corrected chi connectivity index (χ4v) is 8.95. The van der Waals surface area contributed by atoms with Gasteiger partial charge in [-0.15, -0.1) is 0 Å². The van der Waals surface area contributed by atoms with E-state index in [1.807, 2.05) is 21.1 Å². The molecule has 0 saturated carbocycles. The third kappa shape index (κ3) is 47.1. The number of unbranched alkanes of at least 4 members (excludes halogenated alkanes) is 37. The number of ether oxygens (including phenoxy) is 3. The Morgan fingerprint density at radius 3 is 1.09 bits per heavy atom. The van der Waals surface area contributed by atoms with Gasteiger partial charge in [0.25, 0.3) is 0 Å². The molecule has 8 nitrogen and oxygen atoms in total. The molecule has 390 valence electrons. The molecule has 2 unspecified atom stereocenters. The van der Waals surface area contributed by atoms with Crippen molar-refractivity contribution >= 4 is 17.9 Å². The molecule has 0 aliphatic heterocycles. The van der Waals surface area contributed by atoms with Crippen molar-refractivity contribution in [3.63, 3.8) is 0 Å². The molecule has 0 aliphatic rings. The summed E-state index contributed by atoms with van der Waals surface area (Å²) in [4.78, 5) is 37.1. The first-order valence-electron chi connectivity index (χ1n) is 28.7. The number of carboxylic acids is 1. The standard InChI is InChI=1S/C58H111NO7/c1-6-8-10-12-14-16-18-20-22-24-26-28-29-31-32-34-36-38-40-42-44-46-48-56(60)65-53-54(52-64-51-50-55(58(62)63)59(3,4)5)66-57(61)49-47-45-43-41-39-37-35-33-30-27-25-23-21-19-17-15-13-11-9-7-2/h29,31,54-55H,6-28,30,32-53H2,1-5H3/b31-29+. The third-order valence-corrected chi connectivity index (χ3v) is 13.4. The Kier molecular flexibility index (Phi) is 48.0. The van der Waals surface area contributed by atoms with Crippen LogP contribution in [0.25, 0.3) is 0 Å². The lowest BCUT2D eigenvalue weighted by atomic mass is 10.0. The van der Waals surface area contributed by atoms with E-state index in [2.05, 4.69) is 26.0 Å². The second kappa shape index (κ2) is 49.5. The summed E-state index contributed by atoms with van der Waals surface area (Å²) in [6.07, 6.45) is 56.8. The predicted octanol–water partition coefficient (Wildman–Crippen LogP) is 15.7. The summed E-state index contributed by atoms with van der Waals surface area (Å²) < 4.78 is 17.3. The highest BCUT2D eigenvalue weighted by Gasteiger charge is 2.25. The van der Waals surface area contributed by atoms with E-state index in [4.69, 9.17) is 14.2 Å². The predicted molar refractivity (Wildman–Crippen MR) is 278 cm³/mol. The van der Waals surface area contributed by atoms with Gasteiger partial charge in [-0.05, 0) is 38.5 Å². The lowest BCUT2D eigenvalue weighted by molar-refractivity contribution is -0.889. The molecular weight excluding hydrogens is 823 g/mol. The Morgan fingerprint density at radius 1 is 0.439 bits per heavy atom. The summed E-state index contributed by atoms with van der Waals surface area (Å²) >= 11 is 0. The van der Waals surface area contributed by atoms with Gasteiger partial charge in [0.15, 0.2) is 6.10 Å². The van der Waals surface area contributed by atoms with Crippen molar-refractivity contribution in [2.75, 3.05) is 41.0 Å². The van der Waals surface area contributed by atoms with Crippen molar-refractivity contribution in [2.45, 2.75) is 302 Å². The van der Waals surface area contributed by atoms with Gasteiger partial charge in [0.05, 0.1) is 40.3 Å². The zero-order chi connectivity index (χ0) is 48.4. The maximum absolute atomic E-state index is 12.8. The van der Waals surface area contributed by atoms with Gasteiger partial charge in [0, 0.05) is 19.3 Å². The van der Waals surface area contributed by atoms with E-state index in [0.29, 0.717) is 12.8 Å². The lowest BCUT2D eigenvalue weighted by Crippen LogP contribution is -2.55. The van der Waals surface area contributed by atoms with Crippen LogP contribution in [0.2, 0.25) is 0 Å². The number of rotatable bonds is 53. The fourth-order valence-electron chi connectivity index (χ4n) is 8.95. The molecule has 0 aliphatic carbocycles. The molecule has 0 aromatic heterocycles. The van der Waals surface area contributed by atoms with Crippen LogP contribution >= 0.6 is 0 Å². The maximum atomic E-state index is 12.8. The number of carbonyl (C=O) groups excluding carboxylic acids is 3. The molecule has 8 heteroatoms. The van der Waals surface area contributed by atoms with Crippen LogP contribution in [0.4, 0.5) is 0 Å². The Morgan fingerprint density at radius 2 is 0.758 bits per heavy atom. The van der Waals surface area contributed by atoms with E-state index in [9.17, 15) is 19.5 Å². The van der Waals surface area contributed by atoms with Crippen molar-refractivity contribution in [3.05, 3.63) is 12.2 Å². The first-order valence-corrected chi connectivity index (χ1v) is 28.7. The van der Waals surface area contributed by atoms with Gasteiger partial charge in [-0.1, -0.05) is 244 Å². The Hall–Kier alpha value is -1.93. The van der Waals surface area contributed by atoms with Crippen LogP contribution in [0.15, 0.2) is 12.2 Å². The second-order valence-electron chi connectivity index (χ2n) is 20.9. The second-order valence-corrected chi connectivity index (χ2v) is 20.9. The quantitative estimate of drug-likeness (QED) is 0.0259. The van der Waals surface area contributed by atoms with Crippen LogP contribution in [0, 0.1) is 0 Å². The molecule has 0 aromatic carbocycles. The van der Waals surface area contributed by atoms with Crippen molar-refractivity contribution in [3.8, 4) is 0 Å². The first-order chi connectivity index (χ1) is 32.1. The lowest BCUT2D eigenvalue weighted by Gasteiger charge is -2.34. The monoisotopic (exact) mass is 934 g/mol. The van der Waals surface area contributed by atoms with E-state index in [1.165, 1.54) is 218 Å². The Bertz CT molecular complexity index is 1090. The highest BCUT2D eigenvalue weighted by Crippen LogP contribution is 2.17. The molecule has 0 saturated heterocycles. The molecule has 0 heterocycles. The van der Waals surface area contributed by atoms with Crippen LogP contribution in [-0.4, -0.2) is 75.5 Å². The molecule has 0 bridgehead atoms. The molecule has 0 fully saturated rings. The number of likely N-dealkylation sites (N-methyl/N-ethyl adjacent to an activating group) is 1. The largest absolute Gasteiger partial charge is 0.544 e. The SMILES string of the molecule is CCCCCCCCCCCCC/C=C/CCCCCCCCCC(=O)OCC(COCCC(C(=O)[O-])[N+](C)(C)C)OC(=O)CCCCCCCCCCCCCCCCCCCCCC. The summed E-state index contributed by atoms with van der Waals surface area (Å²) in [6.45, 7) is 4.73.